The number of benzene rings is 1. The van der Waals surface area contributed by atoms with E-state index in [0.717, 1.165) is 17.7 Å². The minimum Gasteiger partial charge on any atom is -0.508 e. The molecular formula is C20H23NO4. The highest BCUT2D eigenvalue weighted by molar-refractivity contribution is 6.04. The van der Waals surface area contributed by atoms with Crippen LogP contribution in [0.4, 0.5) is 0 Å². The van der Waals surface area contributed by atoms with Gasteiger partial charge in [0.25, 0.3) is 0 Å². The van der Waals surface area contributed by atoms with E-state index in [2.05, 4.69) is 19.2 Å². The molecule has 0 radical (unpaired) electrons. The van der Waals surface area contributed by atoms with Crippen LogP contribution in [0.5, 0.6) is 5.75 Å². The first-order valence-electron chi connectivity index (χ1n) is 8.35. The summed E-state index contributed by atoms with van der Waals surface area (Å²) in [7, 11) is 1.34. The Kier molecular flexibility index (Phi) is 4.19. The summed E-state index contributed by atoms with van der Waals surface area (Å²) in [6.45, 7) is 5.97. The summed E-state index contributed by atoms with van der Waals surface area (Å²) in [5, 5.41) is 12.9. The van der Waals surface area contributed by atoms with Crippen molar-refractivity contribution < 1.29 is 19.4 Å². The Morgan fingerprint density at radius 3 is 2.48 bits per heavy atom. The predicted molar refractivity (Wildman–Crippen MR) is 93.7 cm³/mol. The number of dihydropyridines is 1. The number of aromatic hydroxyl groups is 1. The van der Waals surface area contributed by atoms with E-state index in [1.807, 2.05) is 6.92 Å². The molecule has 0 bridgehead atoms. The summed E-state index contributed by atoms with van der Waals surface area (Å²) in [6, 6.07) is 6.64. The summed E-state index contributed by atoms with van der Waals surface area (Å²) in [5.74, 6) is -0.741. The minimum absolute atomic E-state index is 0.0470. The van der Waals surface area contributed by atoms with Gasteiger partial charge in [-0.15, -0.1) is 0 Å². The molecule has 0 aromatic heterocycles. The maximum Gasteiger partial charge on any atom is 0.336 e. The number of ether oxygens (including phenoxy) is 1. The number of carbonyl (C=O) groups is 2. The van der Waals surface area contributed by atoms with E-state index in [1.165, 1.54) is 7.11 Å². The van der Waals surface area contributed by atoms with Gasteiger partial charge < -0.3 is 15.2 Å². The lowest BCUT2D eigenvalue weighted by atomic mass is 9.68. The first-order valence-corrected chi connectivity index (χ1v) is 8.35. The largest absolute Gasteiger partial charge is 0.508 e. The summed E-state index contributed by atoms with van der Waals surface area (Å²) in [5.41, 5.74) is 3.33. The molecule has 0 spiro atoms. The second-order valence-electron chi connectivity index (χ2n) is 7.51. The fraction of sp³-hybridized carbons (Fsp3) is 0.400. The topological polar surface area (TPSA) is 75.6 Å². The van der Waals surface area contributed by atoms with Gasteiger partial charge in [0, 0.05) is 29.3 Å². The standard InChI is InChI=1S/C20H23NO4/c1-11-16(19(24)25-4)17(12-5-7-13(22)8-6-12)18-14(21-11)9-20(2,3)10-15(18)23/h5-8,17,21-22H,9-10H2,1-4H3. The number of Topliss-reactive ketones (excluding diaryl/α,β-unsaturated/α-hetero) is 1. The molecule has 1 aliphatic heterocycles. The summed E-state index contributed by atoms with van der Waals surface area (Å²) in [6.07, 6.45) is 1.18. The molecule has 0 saturated heterocycles. The van der Waals surface area contributed by atoms with Crippen LogP contribution in [-0.2, 0) is 14.3 Å². The van der Waals surface area contributed by atoms with E-state index < -0.39 is 11.9 Å². The number of nitrogens with one attached hydrogen (secondary N) is 1. The number of carbonyl (C=O) groups excluding carboxylic acids is 2. The van der Waals surface area contributed by atoms with E-state index in [4.69, 9.17) is 4.74 Å². The van der Waals surface area contributed by atoms with Crippen LogP contribution in [0.25, 0.3) is 0 Å². The fourth-order valence-corrected chi connectivity index (χ4v) is 3.82. The van der Waals surface area contributed by atoms with Crippen molar-refractivity contribution >= 4 is 11.8 Å². The van der Waals surface area contributed by atoms with E-state index >= 15 is 0 Å². The molecule has 132 valence electrons. The van der Waals surface area contributed by atoms with Crippen molar-refractivity contribution in [1.82, 2.24) is 5.32 Å². The molecule has 3 rings (SSSR count). The molecular weight excluding hydrogens is 318 g/mol. The van der Waals surface area contributed by atoms with E-state index in [1.54, 1.807) is 24.3 Å². The number of hydrogen-bond donors (Lipinski definition) is 2. The van der Waals surface area contributed by atoms with Crippen LogP contribution in [0.2, 0.25) is 0 Å². The van der Waals surface area contributed by atoms with Crippen molar-refractivity contribution in [2.75, 3.05) is 7.11 Å². The Hall–Kier alpha value is -2.56. The van der Waals surface area contributed by atoms with Crippen molar-refractivity contribution in [3.05, 3.63) is 52.4 Å². The van der Waals surface area contributed by atoms with Gasteiger partial charge in [-0.3, -0.25) is 4.79 Å². The number of phenols is 1. The first kappa shape index (κ1) is 17.3. The summed E-state index contributed by atoms with van der Waals surface area (Å²) >= 11 is 0. The third-order valence-corrected chi connectivity index (χ3v) is 4.87. The highest BCUT2D eigenvalue weighted by Crippen LogP contribution is 2.46. The quantitative estimate of drug-likeness (QED) is 0.808. The zero-order chi connectivity index (χ0) is 18.4. The molecule has 1 aromatic carbocycles. The number of hydrogen-bond acceptors (Lipinski definition) is 5. The lowest BCUT2D eigenvalue weighted by Gasteiger charge is -2.39. The Morgan fingerprint density at radius 1 is 1.24 bits per heavy atom. The number of allylic oxidation sites excluding steroid dienone is 3. The minimum atomic E-state index is -0.479. The molecule has 1 aliphatic carbocycles. The summed E-state index contributed by atoms with van der Waals surface area (Å²) < 4.78 is 4.97. The highest BCUT2D eigenvalue weighted by Gasteiger charge is 2.42. The van der Waals surface area contributed by atoms with Crippen molar-refractivity contribution in [3.8, 4) is 5.75 Å². The molecule has 25 heavy (non-hydrogen) atoms. The second-order valence-corrected chi connectivity index (χ2v) is 7.51. The maximum absolute atomic E-state index is 12.9. The predicted octanol–water partition coefficient (Wildman–Crippen LogP) is 3.17. The Labute approximate surface area is 147 Å². The van der Waals surface area contributed by atoms with Gasteiger partial charge in [0.15, 0.2) is 5.78 Å². The summed E-state index contributed by atoms with van der Waals surface area (Å²) in [4.78, 5) is 25.4. The van der Waals surface area contributed by atoms with Crippen LogP contribution < -0.4 is 5.32 Å². The number of rotatable bonds is 2. The zero-order valence-corrected chi connectivity index (χ0v) is 15.0. The normalized spacial score (nSPS) is 22.4. The Bertz CT molecular complexity index is 799. The van der Waals surface area contributed by atoms with Gasteiger partial charge in [-0.2, -0.15) is 0 Å². The first-order chi connectivity index (χ1) is 11.7. The molecule has 0 saturated carbocycles. The van der Waals surface area contributed by atoms with Crippen LogP contribution in [-0.4, -0.2) is 24.0 Å². The van der Waals surface area contributed by atoms with E-state index in [-0.39, 0.29) is 16.9 Å². The number of methoxy groups -OCH3 is 1. The van der Waals surface area contributed by atoms with Crippen LogP contribution in [0.15, 0.2) is 46.8 Å². The molecule has 2 N–H and O–H groups in total. The Morgan fingerprint density at radius 2 is 1.88 bits per heavy atom. The maximum atomic E-state index is 12.9. The third-order valence-electron chi connectivity index (χ3n) is 4.87. The molecule has 0 amide bonds. The number of phenolic OH excluding ortho intramolecular Hbond substituents is 1. The molecule has 1 atom stereocenters. The Balaban J connectivity index is 2.19. The van der Waals surface area contributed by atoms with E-state index in [0.29, 0.717) is 23.3 Å². The van der Waals surface area contributed by atoms with Crippen molar-refractivity contribution in [2.24, 2.45) is 5.41 Å². The molecule has 1 aromatic rings. The fourth-order valence-electron chi connectivity index (χ4n) is 3.82. The number of esters is 1. The van der Waals surface area contributed by atoms with Crippen molar-refractivity contribution in [1.29, 1.82) is 0 Å². The van der Waals surface area contributed by atoms with Gasteiger partial charge in [0.1, 0.15) is 5.75 Å². The van der Waals surface area contributed by atoms with Crippen LogP contribution in [0.3, 0.4) is 0 Å². The van der Waals surface area contributed by atoms with Gasteiger partial charge in [-0.25, -0.2) is 4.79 Å². The molecule has 1 unspecified atom stereocenters. The average molecular weight is 341 g/mol. The highest BCUT2D eigenvalue weighted by atomic mass is 16.5. The molecule has 0 fully saturated rings. The zero-order valence-electron chi connectivity index (χ0n) is 15.0. The smallest absolute Gasteiger partial charge is 0.336 e. The van der Waals surface area contributed by atoms with Crippen LogP contribution >= 0.6 is 0 Å². The van der Waals surface area contributed by atoms with Crippen molar-refractivity contribution in [3.63, 3.8) is 0 Å². The van der Waals surface area contributed by atoms with Gasteiger partial charge in [0.05, 0.1) is 12.7 Å². The molecule has 5 heteroatoms. The SMILES string of the molecule is COC(=O)C1=C(C)NC2=C(C(=O)CC(C)(C)C2)C1c1ccc(O)cc1. The van der Waals surface area contributed by atoms with Gasteiger partial charge in [0.2, 0.25) is 0 Å². The number of ketones is 1. The molecule has 1 heterocycles. The third kappa shape index (κ3) is 3.06. The van der Waals surface area contributed by atoms with Crippen LogP contribution in [0, 0.1) is 5.41 Å². The lowest BCUT2D eigenvalue weighted by Crippen LogP contribution is -2.38. The van der Waals surface area contributed by atoms with Gasteiger partial charge in [-0.05, 0) is 36.5 Å². The lowest BCUT2D eigenvalue weighted by molar-refractivity contribution is -0.136. The monoisotopic (exact) mass is 341 g/mol. The van der Waals surface area contributed by atoms with Crippen LogP contribution in [0.1, 0.15) is 45.1 Å². The molecule has 2 aliphatic rings. The molecule has 5 nitrogen and oxygen atoms in total. The van der Waals surface area contributed by atoms with Gasteiger partial charge >= 0.3 is 5.97 Å². The van der Waals surface area contributed by atoms with Gasteiger partial charge in [-0.1, -0.05) is 26.0 Å². The van der Waals surface area contributed by atoms with Crippen molar-refractivity contribution in [2.45, 2.75) is 39.5 Å². The van der Waals surface area contributed by atoms with E-state index in [9.17, 15) is 14.7 Å². The second kappa shape index (κ2) is 6.06. The average Bonchev–Trinajstić information content (AvgIpc) is 2.52.